The van der Waals surface area contributed by atoms with Crippen molar-refractivity contribution in [3.05, 3.63) is 58.7 Å². The number of aliphatic hydroxyl groups excluding tert-OH is 1. The van der Waals surface area contributed by atoms with Crippen molar-refractivity contribution < 1.29 is 24.1 Å². The van der Waals surface area contributed by atoms with Gasteiger partial charge >= 0.3 is 0 Å². The maximum Gasteiger partial charge on any atom is 0.178 e. The number of benzene rings is 2. The predicted octanol–water partition coefficient (Wildman–Crippen LogP) is 3.39. The molecule has 0 fully saturated rings. The predicted molar refractivity (Wildman–Crippen MR) is 111 cm³/mol. The highest BCUT2D eigenvalue weighted by Gasteiger charge is 2.08. The van der Waals surface area contributed by atoms with Crippen LogP contribution >= 0.6 is 0 Å². The van der Waals surface area contributed by atoms with Gasteiger partial charge < -0.3 is 25.1 Å². The van der Waals surface area contributed by atoms with Crippen molar-refractivity contribution in [2.75, 3.05) is 27.1 Å². The number of ether oxygens (including phenoxy) is 3. The minimum Gasteiger partial charge on any atom is -0.496 e. The van der Waals surface area contributed by atoms with Crippen LogP contribution in [-0.2, 0) is 11.4 Å². The molecule has 0 saturated carbocycles. The summed E-state index contributed by atoms with van der Waals surface area (Å²) in [7, 11) is 4.67. The first kappa shape index (κ1) is 21.1. The maximum absolute atomic E-state index is 12.2. The van der Waals surface area contributed by atoms with Crippen LogP contribution in [0.5, 0.6) is 17.2 Å². The molecule has 0 amide bonds. The van der Waals surface area contributed by atoms with Crippen molar-refractivity contribution in [1.29, 1.82) is 0 Å². The van der Waals surface area contributed by atoms with E-state index in [9.17, 15) is 9.90 Å². The minimum absolute atomic E-state index is 0.195. The van der Waals surface area contributed by atoms with Crippen LogP contribution in [0.15, 0.2) is 36.4 Å². The normalized spacial score (nSPS) is 11.2. The second-order valence-electron chi connectivity index (χ2n) is 6.07. The molecule has 148 valence electrons. The molecule has 3 N–H and O–H groups in total. The molecule has 6 nitrogen and oxygen atoms in total. The molecule has 0 atom stereocenters. The lowest BCUT2D eigenvalue weighted by atomic mass is 10.1. The standard InChI is InChI=1S/C22H25NO5/c1-14-19(26-2)10-16(11-20(14)27-3)6-8-18(25)7-5-15-9-17(13-24)22(23)21(12-15)28-4/h5-12,24H,13,23H2,1-4H3/b7-5+,8-6+. The lowest BCUT2D eigenvalue weighted by Crippen LogP contribution is -1.99. The van der Waals surface area contributed by atoms with Crippen LogP contribution in [0.4, 0.5) is 5.69 Å². The molecular formula is C22H25NO5. The highest BCUT2D eigenvalue weighted by Crippen LogP contribution is 2.30. The van der Waals surface area contributed by atoms with Crippen LogP contribution < -0.4 is 19.9 Å². The van der Waals surface area contributed by atoms with Crippen LogP contribution in [-0.4, -0.2) is 32.2 Å². The summed E-state index contributed by atoms with van der Waals surface area (Å²) in [5, 5.41) is 9.40. The zero-order valence-electron chi connectivity index (χ0n) is 16.5. The van der Waals surface area contributed by atoms with E-state index < -0.39 is 0 Å². The summed E-state index contributed by atoms with van der Waals surface area (Å²) in [6.07, 6.45) is 6.23. The van der Waals surface area contributed by atoms with Crippen LogP contribution in [0.25, 0.3) is 12.2 Å². The topological polar surface area (TPSA) is 91.0 Å². The molecule has 6 heteroatoms. The van der Waals surface area contributed by atoms with Gasteiger partial charge in [0.1, 0.15) is 17.2 Å². The fraction of sp³-hybridized carbons (Fsp3) is 0.227. The molecular weight excluding hydrogens is 358 g/mol. The van der Waals surface area contributed by atoms with Crippen molar-refractivity contribution in [2.45, 2.75) is 13.5 Å². The largest absolute Gasteiger partial charge is 0.496 e. The number of carbonyl (C=O) groups is 1. The van der Waals surface area contributed by atoms with E-state index in [2.05, 4.69) is 0 Å². The average Bonchev–Trinajstić information content (AvgIpc) is 2.71. The van der Waals surface area contributed by atoms with E-state index in [0.717, 1.165) is 11.1 Å². The van der Waals surface area contributed by atoms with Gasteiger partial charge in [0.2, 0.25) is 0 Å². The molecule has 2 rings (SSSR count). The Hall–Kier alpha value is -3.25. The van der Waals surface area contributed by atoms with Gasteiger partial charge in [0.25, 0.3) is 0 Å². The quantitative estimate of drug-likeness (QED) is 0.536. The number of anilines is 1. The van der Waals surface area contributed by atoms with Gasteiger partial charge in [-0.25, -0.2) is 0 Å². The molecule has 0 saturated heterocycles. The number of ketones is 1. The van der Waals surface area contributed by atoms with Gasteiger partial charge in [-0.05, 0) is 54.5 Å². The summed E-state index contributed by atoms with van der Waals surface area (Å²) >= 11 is 0. The summed E-state index contributed by atoms with van der Waals surface area (Å²) in [6, 6.07) is 7.09. The Labute approximate surface area is 164 Å². The van der Waals surface area contributed by atoms with Crippen LogP contribution in [0.1, 0.15) is 22.3 Å². The zero-order chi connectivity index (χ0) is 20.7. The summed E-state index contributed by atoms with van der Waals surface area (Å²) in [6.45, 7) is 1.69. The van der Waals surface area contributed by atoms with Gasteiger partial charge in [-0.2, -0.15) is 0 Å². The molecule has 0 unspecified atom stereocenters. The Bertz CT molecular complexity index is 792. The number of methoxy groups -OCH3 is 3. The minimum atomic E-state index is -0.213. The number of allylic oxidation sites excluding steroid dienone is 2. The van der Waals surface area contributed by atoms with Gasteiger partial charge in [0.05, 0.1) is 33.6 Å². The fourth-order valence-corrected chi connectivity index (χ4v) is 2.72. The molecule has 0 heterocycles. The SMILES string of the molecule is COc1cc(/C=C/C(=O)/C=C/c2cc(CO)c(N)c(OC)c2)cc(OC)c1C. The molecule has 0 aliphatic heterocycles. The molecule has 0 bridgehead atoms. The lowest BCUT2D eigenvalue weighted by Gasteiger charge is -2.10. The second kappa shape index (κ2) is 9.62. The van der Waals surface area contributed by atoms with E-state index in [-0.39, 0.29) is 12.4 Å². The van der Waals surface area contributed by atoms with E-state index in [0.29, 0.717) is 34.1 Å². The first-order valence-electron chi connectivity index (χ1n) is 8.63. The van der Waals surface area contributed by atoms with Crippen molar-refractivity contribution in [3.8, 4) is 17.2 Å². The molecule has 0 aromatic heterocycles. The van der Waals surface area contributed by atoms with E-state index in [1.165, 1.54) is 19.3 Å². The Morgan fingerprint density at radius 2 is 1.39 bits per heavy atom. The number of nitrogen functional groups attached to an aromatic ring is 1. The maximum atomic E-state index is 12.2. The summed E-state index contributed by atoms with van der Waals surface area (Å²) in [4.78, 5) is 12.2. The number of nitrogens with two attached hydrogens (primary N) is 1. The van der Waals surface area contributed by atoms with E-state index in [1.54, 1.807) is 38.5 Å². The lowest BCUT2D eigenvalue weighted by molar-refractivity contribution is -0.110. The van der Waals surface area contributed by atoms with Crippen LogP contribution in [0.2, 0.25) is 0 Å². The molecule has 2 aromatic rings. The van der Waals surface area contributed by atoms with Crippen LogP contribution in [0.3, 0.4) is 0 Å². The highest BCUT2D eigenvalue weighted by molar-refractivity contribution is 6.04. The van der Waals surface area contributed by atoms with Crippen LogP contribution in [0, 0.1) is 6.92 Å². The number of carbonyl (C=O) groups excluding carboxylic acids is 1. The van der Waals surface area contributed by atoms with Crippen molar-refractivity contribution in [1.82, 2.24) is 0 Å². The van der Waals surface area contributed by atoms with Gasteiger partial charge in [-0.3, -0.25) is 4.79 Å². The smallest absolute Gasteiger partial charge is 0.178 e. The third-order valence-electron chi connectivity index (χ3n) is 4.29. The first-order chi connectivity index (χ1) is 13.4. The average molecular weight is 383 g/mol. The van der Waals surface area contributed by atoms with E-state index in [1.807, 2.05) is 19.1 Å². The Kier molecular flexibility index (Phi) is 7.23. The van der Waals surface area contributed by atoms with Gasteiger partial charge in [0.15, 0.2) is 5.78 Å². The summed E-state index contributed by atoms with van der Waals surface area (Å²) < 4.78 is 15.9. The van der Waals surface area contributed by atoms with Gasteiger partial charge in [-0.15, -0.1) is 0 Å². The molecule has 28 heavy (non-hydrogen) atoms. The highest BCUT2D eigenvalue weighted by atomic mass is 16.5. The first-order valence-corrected chi connectivity index (χ1v) is 8.63. The van der Waals surface area contributed by atoms with Crippen molar-refractivity contribution in [2.24, 2.45) is 0 Å². The fourth-order valence-electron chi connectivity index (χ4n) is 2.72. The molecule has 0 aliphatic carbocycles. The third-order valence-corrected chi connectivity index (χ3v) is 4.29. The number of aliphatic hydroxyl groups is 1. The molecule has 0 spiro atoms. The Balaban J connectivity index is 2.20. The molecule has 2 aromatic carbocycles. The molecule has 0 aliphatic rings. The zero-order valence-corrected chi connectivity index (χ0v) is 16.5. The monoisotopic (exact) mass is 383 g/mol. The van der Waals surface area contributed by atoms with E-state index in [4.69, 9.17) is 19.9 Å². The summed E-state index contributed by atoms with van der Waals surface area (Å²) in [5.41, 5.74) is 9.21. The van der Waals surface area contributed by atoms with Gasteiger partial charge in [0, 0.05) is 11.1 Å². The second-order valence-corrected chi connectivity index (χ2v) is 6.07. The number of rotatable bonds is 8. The van der Waals surface area contributed by atoms with Crippen molar-refractivity contribution >= 4 is 23.6 Å². The Morgan fingerprint density at radius 1 is 0.929 bits per heavy atom. The summed E-state index contributed by atoms with van der Waals surface area (Å²) in [5.74, 6) is 1.63. The Morgan fingerprint density at radius 3 is 1.86 bits per heavy atom. The number of hydrogen-bond donors (Lipinski definition) is 2. The molecule has 0 radical (unpaired) electrons. The van der Waals surface area contributed by atoms with Gasteiger partial charge in [-0.1, -0.05) is 12.2 Å². The van der Waals surface area contributed by atoms with Crippen molar-refractivity contribution in [3.63, 3.8) is 0 Å². The van der Waals surface area contributed by atoms with E-state index >= 15 is 0 Å². The number of hydrogen-bond acceptors (Lipinski definition) is 6. The third kappa shape index (κ3) is 4.92.